The van der Waals surface area contributed by atoms with E-state index in [0.717, 1.165) is 25.6 Å². The Bertz CT molecular complexity index is 177. The van der Waals surface area contributed by atoms with Crippen molar-refractivity contribution in [3.05, 3.63) is 0 Å². The van der Waals surface area contributed by atoms with Crippen LogP contribution in [0.25, 0.3) is 0 Å². The molecule has 2 unspecified atom stereocenters. The summed E-state index contributed by atoms with van der Waals surface area (Å²) in [4.78, 5) is 2.43. The van der Waals surface area contributed by atoms with Gasteiger partial charge in [0.1, 0.15) is 0 Å². The molecule has 2 rings (SSSR count). The van der Waals surface area contributed by atoms with Crippen LogP contribution >= 0.6 is 0 Å². The molecule has 3 heteroatoms. The average Bonchev–Trinajstić information content (AvgIpc) is 2.70. The van der Waals surface area contributed by atoms with Crippen LogP contribution < -0.4 is 11.1 Å². The lowest BCUT2D eigenvalue weighted by atomic mass is 9.91. The number of nitrogens with two attached hydrogens (primary N) is 1. The van der Waals surface area contributed by atoms with Gasteiger partial charge in [0, 0.05) is 31.7 Å². The summed E-state index contributed by atoms with van der Waals surface area (Å²) in [6, 6.07) is 0.946. The van der Waals surface area contributed by atoms with Crippen LogP contribution in [0.4, 0.5) is 0 Å². The number of hydrogen-bond donors (Lipinski definition) is 2. The molecule has 2 aliphatic rings. The first-order chi connectivity index (χ1) is 6.79. The van der Waals surface area contributed by atoms with Gasteiger partial charge in [-0.25, -0.2) is 0 Å². The highest BCUT2D eigenvalue weighted by Crippen LogP contribution is 2.29. The van der Waals surface area contributed by atoms with E-state index in [1.807, 2.05) is 0 Å². The molecule has 3 nitrogen and oxygen atoms in total. The Morgan fingerprint density at radius 2 is 2.07 bits per heavy atom. The Hall–Kier alpha value is -0.120. The Balaban J connectivity index is 1.91. The summed E-state index contributed by atoms with van der Waals surface area (Å²) in [5.41, 5.74) is 6.36. The van der Waals surface area contributed by atoms with Crippen LogP contribution in [0.3, 0.4) is 0 Å². The molecule has 1 saturated carbocycles. The number of nitrogens with one attached hydrogen (secondary N) is 1. The third-order valence-corrected chi connectivity index (χ3v) is 3.95. The molecule has 3 N–H and O–H groups in total. The fourth-order valence-electron chi connectivity index (χ4n) is 2.91. The summed E-state index contributed by atoms with van der Waals surface area (Å²) in [5.74, 6) is 0.780. The summed E-state index contributed by atoms with van der Waals surface area (Å²) >= 11 is 0. The van der Waals surface area contributed by atoms with Gasteiger partial charge in [0.15, 0.2) is 0 Å². The predicted octanol–water partition coefficient (Wildman–Crippen LogP) is 0.408. The molecule has 0 bridgehead atoms. The number of likely N-dealkylation sites (N-methyl/N-ethyl adjacent to an activating group) is 1. The zero-order chi connectivity index (χ0) is 9.97. The second kappa shape index (κ2) is 4.60. The van der Waals surface area contributed by atoms with E-state index in [4.69, 9.17) is 5.73 Å². The van der Waals surface area contributed by atoms with E-state index in [1.165, 1.54) is 25.7 Å². The van der Waals surface area contributed by atoms with Crippen molar-refractivity contribution in [3.63, 3.8) is 0 Å². The molecule has 1 aliphatic carbocycles. The molecule has 0 radical (unpaired) electrons. The van der Waals surface area contributed by atoms with Crippen molar-refractivity contribution in [2.24, 2.45) is 11.7 Å². The summed E-state index contributed by atoms with van der Waals surface area (Å²) in [5, 5.41) is 3.45. The van der Waals surface area contributed by atoms with Gasteiger partial charge in [0.25, 0.3) is 0 Å². The Labute approximate surface area is 87.0 Å². The second-order valence-corrected chi connectivity index (χ2v) is 4.87. The normalized spacial score (nSPS) is 33.4. The third kappa shape index (κ3) is 2.10. The predicted molar refractivity (Wildman–Crippen MR) is 59.2 cm³/mol. The van der Waals surface area contributed by atoms with E-state index in [-0.39, 0.29) is 0 Å². The van der Waals surface area contributed by atoms with Crippen molar-refractivity contribution in [1.29, 1.82) is 0 Å². The molecular formula is C11H23N3. The second-order valence-electron chi connectivity index (χ2n) is 4.87. The molecule has 0 aromatic carbocycles. The van der Waals surface area contributed by atoms with Crippen LogP contribution in [-0.2, 0) is 0 Å². The van der Waals surface area contributed by atoms with E-state index < -0.39 is 0 Å². The zero-order valence-electron chi connectivity index (χ0n) is 9.21. The van der Waals surface area contributed by atoms with E-state index >= 15 is 0 Å². The SMILES string of the molecule is CN1CCNCC1C(N)C1CCCC1. The summed E-state index contributed by atoms with van der Waals surface area (Å²) in [7, 11) is 2.21. The van der Waals surface area contributed by atoms with Crippen LogP contribution in [0.2, 0.25) is 0 Å². The smallest absolute Gasteiger partial charge is 0.0372 e. The highest BCUT2D eigenvalue weighted by Gasteiger charge is 2.31. The van der Waals surface area contributed by atoms with E-state index in [9.17, 15) is 0 Å². The van der Waals surface area contributed by atoms with Crippen molar-refractivity contribution >= 4 is 0 Å². The summed E-state index contributed by atoms with van der Waals surface area (Å²) in [6.45, 7) is 3.34. The first-order valence-electron chi connectivity index (χ1n) is 5.95. The number of nitrogens with zero attached hydrogens (tertiary/aromatic N) is 1. The summed E-state index contributed by atoms with van der Waals surface area (Å²) < 4.78 is 0. The van der Waals surface area contributed by atoms with Crippen LogP contribution in [0.15, 0.2) is 0 Å². The number of rotatable bonds is 2. The maximum absolute atomic E-state index is 6.36. The van der Waals surface area contributed by atoms with Crippen LogP contribution in [0, 0.1) is 5.92 Å². The Morgan fingerprint density at radius 1 is 1.36 bits per heavy atom. The summed E-state index contributed by atoms with van der Waals surface area (Å²) in [6.07, 6.45) is 5.49. The molecule has 2 fully saturated rings. The quantitative estimate of drug-likeness (QED) is 0.673. The number of hydrogen-bond acceptors (Lipinski definition) is 3. The van der Waals surface area contributed by atoms with Gasteiger partial charge in [-0.15, -0.1) is 0 Å². The molecular weight excluding hydrogens is 174 g/mol. The van der Waals surface area contributed by atoms with Gasteiger partial charge in [-0.3, -0.25) is 4.90 Å². The van der Waals surface area contributed by atoms with Gasteiger partial charge >= 0.3 is 0 Å². The van der Waals surface area contributed by atoms with E-state index in [2.05, 4.69) is 17.3 Å². The first kappa shape index (κ1) is 10.4. The fourth-order valence-corrected chi connectivity index (χ4v) is 2.91. The van der Waals surface area contributed by atoms with Gasteiger partial charge in [-0.05, 0) is 25.8 Å². The van der Waals surface area contributed by atoms with Crippen LogP contribution in [0.5, 0.6) is 0 Å². The Kier molecular flexibility index (Phi) is 3.42. The monoisotopic (exact) mass is 197 g/mol. The minimum atomic E-state index is 0.385. The average molecular weight is 197 g/mol. The third-order valence-electron chi connectivity index (χ3n) is 3.95. The standard InChI is InChI=1S/C11H23N3/c1-14-7-6-13-8-10(14)11(12)9-4-2-3-5-9/h9-11,13H,2-8,12H2,1H3. The molecule has 1 saturated heterocycles. The van der Waals surface area contributed by atoms with Gasteiger partial charge in [0.2, 0.25) is 0 Å². The largest absolute Gasteiger partial charge is 0.326 e. The van der Waals surface area contributed by atoms with Gasteiger partial charge in [-0.2, -0.15) is 0 Å². The molecule has 14 heavy (non-hydrogen) atoms. The molecule has 0 aromatic rings. The molecule has 1 aliphatic heterocycles. The van der Waals surface area contributed by atoms with Crippen molar-refractivity contribution < 1.29 is 0 Å². The maximum Gasteiger partial charge on any atom is 0.0372 e. The highest BCUT2D eigenvalue weighted by molar-refractivity contribution is 4.91. The van der Waals surface area contributed by atoms with Gasteiger partial charge in [-0.1, -0.05) is 12.8 Å². The van der Waals surface area contributed by atoms with Crippen LogP contribution in [0.1, 0.15) is 25.7 Å². The van der Waals surface area contributed by atoms with Crippen molar-refractivity contribution in [2.75, 3.05) is 26.7 Å². The van der Waals surface area contributed by atoms with Crippen LogP contribution in [-0.4, -0.2) is 43.7 Å². The first-order valence-corrected chi connectivity index (χ1v) is 5.95. The lowest BCUT2D eigenvalue weighted by Gasteiger charge is -2.39. The highest BCUT2D eigenvalue weighted by atomic mass is 15.2. The topological polar surface area (TPSA) is 41.3 Å². The lowest BCUT2D eigenvalue weighted by Crippen LogP contribution is -2.59. The lowest BCUT2D eigenvalue weighted by molar-refractivity contribution is 0.148. The zero-order valence-corrected chi connectivity index (χ0v) is 9.21. The van der Waals surface area contributed by atoms with Crippen molar-refractivity contribution in [2.45, 2.75) is 37.8 Å². The molecule has 0 spiro atoms. The molecule has 2 atom stereocenters. The minimum Gasteiger partial charge on any atom is -0.326 e. The van der Waals surface area contributed by atoms with E-state index in [0.29, 0.717) is 12.1 Å². The van der Waals surface area contributed by atoms with E-state index in [1.54, 1.807) is 0 Å². The maximum atomic E-state index is 6.36. The molecule has 82 valence electrons. The van der Waals surface area contributed by atoms with Crippen molar-refractivity contribution in [1.82, 2.24) is 10.2 Å². The fraction of sp³-hybridized carbons (Fsp3) is 1.00. The van der Waals surface area contributed by atoms with Gasteiger partial charge < -0.3 is 11.1 Å². The number of piperazine rings is 1. The van der Waals surface area contributed by atoms with Crippen molar-refractivity contribution in [3.8, 4) is 0 Å². The molecule has 0 aromatic heterocycles. The van der Waals surface area contributed by atoms with Gasteiger partial charge in [0.05, 0.1) is 0 Å². The molecule has 0 amide bonds. The molecule has 1 heterocycles. The minimum absolute atomic E-state index is 0.385. The Morgan fingerprint density at radius 3 is 2.71 bits per heavy atom.